The number of aromatic nitrogens is 2. The number of halogens is 2. The van der Waals surface area contributed by atoms with Gasteiger partial charge >= 0.3 is 0 Å². The summed E-state index contributed by atoms with van der Waals surface area (Å²) in [4.78, 5) is 8.24. The van der Waals surface area contributed by atoms with Gasteiger partial charge < -0.3 is 4.98 Å². The van der Waals surface area contributed by atoms with Gasteiger partial charge in [-0.15, -0.1) is 11.8 Å². The van der Waals surface area contributed by atoms with Crippen LogP contribution in [0, 0.1) is 11.6 Å². The minimum absolute atomic E-state index is 0.158. The van der Waals surface area contributed by atoms with Crippen molar-refractivity contribution in [3.8, 4) is 11.4 Å². The van der Waals surface area contributed by atoms with Crippen molar-refractivity contribution >= 4 is 22.8 Å². The van der Waals surface area contributed by atoms with E-state index in [9.17, 15) is 8.78 Å². The lowest BCUT2D eigenvalue weighted by atomic mass is 10.2. The molecule has 0 amide bonds. The summed E-state index contributed by atoms with van der Waals surface area (Å²) in [5.74, 6) is -0.733. The largest absolute Gasteiger partial charge is 0.338 e. The lowest BCUT2D eigenvalue weighted by Gasteiger charge is -1.98. The fourth-order valence-corrected chi connectivity index (χ4v) is 2.34. The number of nitrogens with one attached hydrogen (secondary N) is 1. The van der Waals surface area contributed by atoms with Crippen LogP contribution in [0.25, 0.3) is 22.4 Å². The first-order valence-electron chi connectivity index (χ1n) is 5.66. The van der Waals surface area contributed by atoms with Crippen LogP contribution in [0.3, 0.4) is 0 Å². The predicted molar refractivity (Wildman–Crippen MR) is 73.2 cm³/mol. The minimum Gasteiger partial charge on any atom is -0.338 e. The van der Waals surface area contributed by atoms with E-state index in [0.717, 1.165) is 16.5 Å². The van der Waals surface area contributed by atoms with Crippen molar-refractivity contribution in [1.82, 2.24) is 9.97 Å². The highest BCUT2D eigenvalue weighted by Gasteiger charge is 2.10. The highest BCUT2D eigenvalue weighted by molar-refractivity contribution is 7.98. The summed E-state index contributed by atoms with van der Waals surface area (Å²) in [5.41, 5.74) is 1.36. The monoisotopic (exact) mass is 276 g/mol. The molecule has 19 heavy (non-hydrogen) atoms. The van der Waals surface area contributed by atoms with Crippen molar-refractivity contribution in [2.75, 3.05) is 6.26 Å². The van der Waals surface area contributed by atoms with Gasteiger partial charge in [-0.1, -0.05) is 12.1 Å². The zero-order chi connectivity index (χ0) is 13.4. The van der Waals surface area contributed by atoms with E-state index in [1.165, 1.54) is 6.07 Å². The molecule has 1 N–H and O–H groups in total. The molecule has 2 nitrogen and oxygen atoms in total. The van der Waals surface area contributed by atoms with Crippen LogP contribution in [0.4, 0.5) is 8.78 Å². The smallest absolute Gasteiger partial charge is 0.153 e. The molecule has 1 aromatic heterocycles. The Labute approximate surface area is 112 Å². The standard InChI is InChI=1S/C14H10F2N2S/c1-19-10-4-2-8(3-5-10)14-17-12-7-9(15)6-11(16)13(12)18-14/h2-7H,1H3,(H,17,18). The number of aromatic amines is 1. The molecule has 0 radical (unpaired) electrons. The summed E-state index contributed by atoms with van der Waals surface area (Å²) in [6.07, 6.45) is 1.99. The number of fused-ring (bicyclic) bond motifs is 1. The maximum Gasteiger partial charge on any atom is 0.153 e. The average molecular weight is 276 g/mol. The number of hydrogen-bond acceptors (Lipinski definition) is 2. The van der Waals surface area contributed by atoms with Crippen LogP contribution in [-0.4, -0.2) is 16.2 Å². The molecule has 1 heterocycles. The molecular weight excluding hydrogens is 266 g/mol. The molecule has 0 saturated heterocycles. The second-order valence-corrected chi connectivity index (χ2v) is 4.98. The van der Waals surface area contributed by atoms with E-state index in [-0.39, 0.29) is 5.52 Å². The van der Waals surface area contributed by atoms with Crippen LogP contribution in [0.15, 0.2) is 41.3 Å². The maximum atomic E-state index is 13.6. The van der Waals surface area contributed by atoms with Gasteiger partial charge in [0.2, 0.25) is 0 Å². The average Bonchev–Trinajstić information content (AvgIpc) is 2.83. The van der Waals surface area contributed by atoms with Gasteiger partial charge in [-0.25, -0.2) is 13.8 Å². The molecule has 0 aliphatic carbocycles. The second-order valence-electron chi connectivity index (χ2n) is 4.10. The van der Waals surface area contributed by atoms with E-state index in [1.54, 1.807) is 11.8 Å². The third-order valence-electron chi connectivity index (χ3n) is 2.87. The first-order chi connectivity index (χ1) is 9.17. The first kappa shape index (κ1) is 12.2. The quantitative estimate of drug-likeness (QED) is 0.709. The first-order valence-corrected chi connectivity index (χ1v) is 6.89. The Hall–Kier alpha value is -1.88. The van der Waals surface area contributed by atoms with Crippen molar-refractivity contribution in [3.05, 3.63) is 48.0 Å². The minimum atomic E-state index is -0.654. The topological polar surface area (TPSA) is 28.7 Å². The Morgan fingerprint density at radius 1 is 1.11 bits per heavy atom. The van der Waals surface area contributed by atoms with Crippen molar-refractivity contribution in [3.63, 3.8) is 0 Å². The van der Waals surface area contributed by atoms with Crippen LogP contribution < -0.4 is 0 Å². The maximum absolute atomic E-state index is 13.6. The number of nitrogens with zero attached hydrogens (tertiary/aromatic N) is 1. The summed E-state index contributed by atoms with van der Waals surface area (Å²) in [5, 5.41) is 0. The Kier molecular flexibility index (Phi) is 2.98. The Morgan fingerprint density at radius 3 is 2.53 bits per heavy atom. The van der Waals surface area contributed by atoms with Gasteiger partial charge in [-0.2, -0.15) is 0 Å². The molecule has 0 spiro atoms. The molecule has 0 atom stereocenters. The van der Waals surface area contributed by atoms with Crippen molar-refractivity contribution in [2.24, 2.45) is 0 Å². The fraction of sp³-hybridized carbons (Fsp3) is 0.0714. The van der Waals surface area contributed by atoms with Crippen LogP contribution in [0.5, 0.6) is 0 Å². The molecule has 3 aromatic rings. The molecule has 0 fully saturated rings. The summed E-state index contributed by atoms with van der Waals surface area (Å²) >= 11 is 1.64. The van der Waals surface area contributed by atoms with Gasteiger partial charge in [0.1, 0.15) is 17.2 Å². The SMILES string of the molecule is CSc1ccc(-c2nc3c(F)cc(F)cc3[nH]2)cc1. The molecule has 0 bridgehead atoms. The molecule has 0 saturated carbocycles. The lowest BCUT2D eigenvalue weighted by molar-refractivity contribution is 0.591. The van der Waals surface area contributed by atoms with Crippen LogP contribution in [0.1, 0.15) is 0 Å². The van der Waals surface area contributed by atoms with E-state index >= 15 is 0 Å². The van der Waals surface area contributed by atoms with E-state index < -0.39 is 11.6 Å². The van der Waals surface area contributed by atoms with Crippen molar-refractivity contribution < 1.29 is 8.78 Å². The number of rotatable bonds is 2. The summed E-state index contributed by atoms with van der Waals surface area (Å²) in [7, 11) is 0. The number of thioether (sulfide) groups is 1. The molecule has 5 heteroatoms. The Morgan fingerprint density at radius 2 is 1.84 bits per heavy atom. The van der Waals surface area contributed by atoms with Gasteiger partial charge in [0.25, 0.3) is 0 Å². The molecular formula is C14H10F2N2S. The highest BCUT2D eigenvalue weighted by atomic mass is 32.2. The van der Waals surface area contributed by atoms with E-state index in [4.69, 9.17) is 0 Å². The van der Waals surface area contributed by atoms with Gasteiger partial charge in [0, 0.05) is 16.5 Å². The van der Waals surface area contributed by atoms with E-state index in [1.807, 2.05) is 30.5 Å². The third-order valence-corrected chi connectivity index (χ3v) is 3.61. The third kappa shape index (κ3) is 2.21. The van der Waals surface area contributed by atoms with Gasteiger partial charge in [-0.3, -0.25) is 0 Å². The lowest BCUT2D eigenvalue weighted by Crippen LogP contribution is -1.81. The Balaban J connectivity index is 2.12. The number of H-pyrrole nitrogens is 1. The number of hydrogen-bond donors (Lipinski definition) is 1. The predicted octanol–water partition coefficient (Wildman–Crippen LogP) is 4.23. The Bertz CT molecular complexity index is 735. The number of imidazole rings is 1. The van der Waals surface area contributed by atoms with Crippen LogP contribution in [-0.2, 0) is 0 Å². The number of benzene rings is 2. The second kappa shape index (κ2) is 4.66. The molecule has 96 valence electrons. The molecule has 2 aromatic carbocycles. The van der Waals surface area contributed by atoms with Crippen LogP contribution >= 0.6 is 11.8 Å². The molecule has 3 rings (SSSR count). The zero-order valence-corrected chi connectivity index (χ0v) is 10.9. The fourth-order valence-electron chi connectivity index (χ4n) is 1.93. The summed E-state index contributed by atoms with van der Waals surface area (Å²) < 4.78 is 26.7. The summed E-state index contributed by atoms with van der Waals surface area (Å²) in [6, 6.07) is 9.80. The summed E-state index contributed by atoms with van der Waals surface area (Å²) in [6.45, 7) is 0. The van der Waals surface area contributed by atoms with Crippen molar-refractivity contribution in [1.29, 1.82) is 0 Å². The zero-order valence-electron chi connectivity index (χ0n) is 10.1. The normalized spacial score (nSPS) is 11.1. The van der Waals surface area contributed by atoms with Crippen molar-refractivity contribution in [2.45, 2.75) is 4.90 Å². The molecule has 0 unspecified atom stereocenters. The molecule has 0 aliphatic rings. The van der Waals surface area contributed by atoms with Gasteiger partial charge in [0.05, 0.1) is 5.52 Å². The van der Waals surface area contributed by atoms with E-state index in [2.05, 4.69) is 9.97 Å². The van der Waals surface area contributed by atoms with E-state index in [0.29, 0.717) is 11.3 Å². The van der Waals surface area contributed by atoms with Crippen LogP contribution in [0.2, 0.25) is 0 Å². The van der Waals surface area contributed by atoms with Gasteiger partial charge in [0.15, 0.2) is 5.82 Å². The molecule has 0 aliphatic heterocycles. The highest BCUT2D eigenvalue weighted by Crippen LogP contribution is 2.25. The van der Waals surface area contributed by atoms with Gasteiger partial charge in [-0.05, 0) is 24.5 Å².